The van der Waals surface area contributed by atoms with Crippen molar-refractivity contribution < 1.29 is 19.8 Å². The molecule has 2 aromatic heterocycles. The molecular formula is C52H33NO2. The highest BCUT2D eigenvalue weighted by molar-refractivity contribution is 6.18. The second-order valence-corrected chi connectivity index (χ2v) is 13.4. The molecule has 0 amide bonds. The highest BCUT2D eigenvalue weighted by atomic mass is 16.3. The first-order chi connectivity index (χ1) is 30.6. The number of hydrogen-bond acceptors (Lipinski definition) is 3. The first kappa shape index (κ1) is 24.1. The van der Waals surface area contributed by atoms with E-state index in [0.717, 1.165) is 26.9 Å². The summed E-state index contributed by atoms with van der Waals surface area (Å²) in [6.07, 6.45) is 0. The van der Waals surface area contributed by atoms with E-state index < -0.39 is 24.2 Å². The summed E-state index contributed by atoms with van der Waals surface area (Å²) in [5.74, 6) is 0. The lowest BCUT2D eigenvalue weighted by Gasteiger charge is -2.28. The zero-order valence-electron chi connectivity index (χ0n) is 37.2. The highest BCUT2D eigenvalue weighted by Crippen LogP contribution is 2.46. The minimum absolute atomic E-state index is 0.0531. The standard InChI is InChI=1S/C52H33NO2/c1-2-12-34(13-3-1)35-24-29-38(30-25-35)53(39-31-26-37(27-32-39)40-18-11-23-49-50(40)46-17-7-9-22-48(46)54-49)47-21-8-6-16-42(47)43-19-10-20-44-45-33-28-36-14-4-5-15-41(36)51(45)55-52(43)44/h1-33H/i24D,25D,26D,27D,29D,30D,31D,32D. The molecule has 11 rings (SSSR count). The van der Waals surface area contributed by atoms with Gasteiger partial charge in [-0.1, -0.05) is 152 Å². The lowest BCUT2D eigenvalue weighted by atomic mass is 9.97. The third-order valence-electron chi connectivity index (χ3n) is 10.2. The first-order valence-electron chi connectivity index (χ1n) is 22.0. The van der Waals surface area contributed by atoms with Crippen LogP contribution in [0.2, 0.25) is 0 Å². The van der Waals surface area contributed by atoms with Crippen molar-refractivity contribution in [3.63, 3.8) is 0 Å². The Bertz CT molecular complexity index is 3630. The van der Waals surface area contributed by atoms with Crippen LogP contribution in [0.5, 0.6) is 0 Å². The van der Waals surface area contributed by atoms with Crippen LogP contribution in [0.15, 0.2) is 209 Å². The Morgan fingerprint density at radius 2 is 0.964 bits per heavy atom. The number of hydrogen-bond donors (Lipinski definition) is 0. The summed E-state index contributed by atoms with van der Waals surface area (Å²) in [4.78, 5) is 1.36. The molecule has 0 spiro atoms. The molecule has 11 aromatic rings. The molecule has 0 bridgehead atoms. The monoisotopic (exact) mass is 711 g/mol. The molecule has 9 aromatic carbocycles. The molecule has 0 aliphatic rings. The quantitative estimate of drug-likeness (QED) is 0.172. The van der Waals surface area contributed by atoms with Crippen LogP contribution in [0.4, 0.5) is 17.1 Å². The maximum absolute atomic E-state index is 9.78. The fourth-order valence-electron chi connectivity index (χ4n) is 7.69. The first-order valence-corrected chi connectivity index (χ1v) is 18.0. The van der Waals surface area contributed by atoms with Crippen LogP contribution in [0.3, 0.4) is 0 Å². The Morgan fingerprint density at radius 1 is 0.364 bits per heavy atom. The fraction of sp³-hybridized carbons (Fsp3) is 0. The molecule has 0 atom stereocenters. The van der Waals surface area contributed by atoms with Gasteiger partial charge in [0.1, 0.15) is 22.3 Å². The van der Waals surface area contributed by atoms with Crippen molar-refractivity contribution in [2.75, 3.05) is 4.90 Å². The van der Waals surface area contributed by atoms with Crippen molar-refractivity contribution in [2.24, 2.45) is 0 Å². The SMILES string of the molecule is [2H]c1c([2H])c(N(c2ccccc2-c2cccc3c2oc2c4ccccc4ccc32)c2c([2H])c([2H])c(-c3cccc4oc5ccccc5c34)c([2H])c2[2H])c([2H])c([2H])c1-c1ccccc1. The Labute approximate surface area is 329 Å². The molecule has 0 aliphatic heterocycles. The fourth-order valence-corrected chi connectivity index (χ4v) is 7.69. The number of benzene rings is 9. The van der Waals surface area contributed by atoms with E-state index in [4.69, 9.17) is 8.83 Å². The van der Waals surface area contributed by atoms with Gasteiger partial charge in [-0.05, 0) is 76.1 Å². The summed E-state index contributed by atoms with van der Waals surface area (Å²) < 4.78 is 89.6. The van der Waals surface area contributed by atoms with Crippen LogP contribution in [0, 0.1) is 0 Å². The third kappa shape index (κ3) is 5.13. The average molecular weight is 712 g/mol. The topological polar surface area (TPSA) is 29.5 Å². The Hall–Kier alpha value is -7.36. The van der Waals surface area contributed by atoms with Crippen LogP contribution in [0.1, 0.15) is 11.0 Å². The number of anilines is 3. The van der Waals surface area contributed by atoms with Gasteiger partial charge in [-0.3, -0.25) is 0 Å². The molecule has 0 N–H and O–H groups in total. The summed E-state index contributed by atoms with van der Waals surface area (Å²) in [5, 5.41) is 5.12. The maximum atomic E-state index is 9.78. The number of para-hydroxylation sites is 3. The molecule has 55 heavy (non-hydrogen) atoms. The molecule has 0 unspecified atom stereocenters. The van der Waals surface area contributed by atoms with Crippen molar-refractivity contribution in [1.29, 1.82) is 0 Å². The van der Waals surface area contributed by atoms with Gasteiger partial charge < -0.3 is 13.7 Å². The largest absolute Gasteiger partial charge is 0.456 e. The van der Waals surface area contributed by atoms with E-state index in [1.165, 1.54) is 4.90 Å². The lowest BCUT2D eigenvalue weighted by Crippen LogP contribution is -2.11. The molecule has 0 saturated carbocycles. The van der Waals surface area contributed by atoms with Crippen LogP contribution in [-0.4, -0.2) is 0 Å². The normalized spacial score (nSPS) is 13.7. The van der Waals surface area contributed by atoms with Gasteiger partial charge in [-0.2, -0.15) is 0 Å². The van der Waals surface area contributed by atoms with E-state index in [1.807, 2.05) is 84.9 Å². The maximum Gasteiger partial charge on any atom is 0.143 e. The van der Waals surface area contributed by atoms with Crippen LogP contribution in [-0.2, 0) is 0 Å². The van der Waals surface area contributed by atoms with Crippen molar-refractivity contribution in [1.82, 2.24) is 0 Å². The van der Waals surface area contributed by atoms with Gasteiger partial charge >= 0.3 is 0 Å². The molecule has 0 saturated heterocycles. The second kappa shape index (κ2) is 12.6. The molecule has 2 heterocycles. The molecule has 0 radical (unpaired) electrons. The summed E-state index contributed by atoms with van der Waals surface area (Å²) >= 11 is 0. The van der Waals surface area contributed by atoms with Gasteiger partial charge in [0.05, 0.1) is 16.7 Å². The summed E-state index contributed by atoms with van der Waals surface area (Å²) in [6, 6.07) is 43.4. The number of rotatable bonds is 6. The Balaban J connectivity index is 1.22. The van der Waals surface area contributed by atoms with Crippen molar-refractivity contribution in [2.45, 2.75) is 0 Å². The van der Waals surface area contributed by atoms with Crippen molar-refractivity contribution >= 4 is 71.7 Å². The predicted molar refractivity (Wildman–Crippen MR) is 229 cm³/mol. The van der Waals surface area contributed by atoms with E-state index in [1.54, 1.807) is 60.7 Å². The van der Waals surface area contributed by atoms with E-state index in [2.05, 4.69) is 6.07 Å². The van der Waals surface area contributed by atoms with Crippen molar-refractivity contribution in [3.8, 4) is 33.4 Å². The molecule has 3 nitrogen and oxygen atoms in total. The Morgan fingerprint density at radius 3 is 1.80 bits per heavy atom. The average Bonchev–Trinajstić information content (AvgIpc) is 3.90. The van der Waals surface area contributed by atoms with Gasteiger partial charge in [-0.25, -0.2) is 0 Å². The Kier molecular flexibility index (Phi) is 5.53. The van der Waals surface area contributed by atoms with Crippen LogP contribution in [0.25, 0.3) is 88.0 Å². The molecule has 0 fully saturated rings. The van der Waals surface area contributed by atoms with E-state index in [-0.39, 0.29) is 46.7 Å². The minimum Gasteiger partial charge on any atom is -0.456 e. The van der Waals surface area contributed by atoms with Gasteiger partial charge in [0.25, 0.3) is 0 Å². The predicted octanol–water partition coefficient (Wildman–Crippen LogP) is 15.1. The second-order valence-electron chi connectivity index (χ2n) is 13.4. The lowest BCUT2D eigenvalue weighted by molar-refractivity contribution is 0.669. The summed E-state index contributed by atoms with van der Waals surface area (Å²) in [5.41, 5.74) is 4.47. The molecular weight excluding hydrogens is 671 g/mol. The number of fused-ring (bicyclic) bond motifs is 8. The van der Waals surface area contributed by atoms with Gasteiger partial charge in [0, 0.05) is 49.4 Å². The van der Waals surface area contributed by atoms with Gasteiger partial charge in [0.2, 0.25) is 0 Å². The number of nitrogens with zero attached hydrogens (tertiary/aromatic N) is 1. The molecule has 3 heteroatoms. The van der Waals surface area contributed by atoms with E-state index in [9.17, 15) is 11.0 Å². The van der Waals surface area contributed by atoms with Crippen molar-refractivity contribution in [3.05, 3.63) is 200 Å². The van der Waals surface area contributed by atoms with E-state index in [0.29, 0.717) is 55.7 Å². The summed E-state index contributed by atoms with van der Waals surface area (Å²) in [6.45, 7) is 0. The number of furan rings is 2. The minimum atomic E-state index is -0.442. The van der Waals surface area contributed by atoms with E-state index >= 15 is 0 Å². The van der Waals surface area contributed by atoms with Gasteiger partial charge in [0.15, 0.2) is 0 Å². The molecule has 0 aliphatic carbocycles. The van der Waals surface area contributed by atoms with Crippen LogP contribution < -0.4 is 4.90 Å². The highest BCUT2D eigenvalue weighted by Gasteiger charge is 2.21. The zero-order valence-corrected chi connectivity index (χ0v) is 29.2. The third-order valence-corrected chi connectivity index (χ3v) is 10.2. The molecule has 258 valence electrons. The van der Waals surface area contributed by atoms with Gasteiger partial charge in [-0.15, -0.1) is 0 Å². The summed E-state index contributed by atoms with van der Waals surface area (Å²) in [7, 11) is 0. The smallest absolute Gasteiger partial charge is 0.143 e. The zero-order chi connectivity index (χ0) is 43.3. The van der Waals surface area contributed by atoms with Crippen LogP contribution >= 0.6 is 0 Å².